The average molecular weight is 386 g/mol. The van der Waals surface area contributed by atoms with Gasteiger partial charge in [0, 0.05) is 13.1 Å². The fraction of sp³-hybridized carbons (Fsp3) is 0.333. The van der Waals surface area contributed by atoms with Crippen LogP contribution in [0.3, 0.4) is 0 Å². The van der Waals surface area contributed by atoms with Crippen LogP contribution in [0.4, 0.5) is 4.79 Å². The number of rotatable bonds is 10. The molecule has 0 aliphatic rings. The zero-order valence-electron chi connectivity index (χ0n) is 16.2. The van der Waals surface area contributed by atoms with Gasteiger partial charge in [-0.1, -0.05) is 31.5 Å². The zero-order valence-corrected chi connectivity index (χ0v) is 16.2. The van der Waals surface area contributed by atoms with E-state index in [0.717, 1.165) is 24.0 Å². The van der Waals surface area contributed by atoms with E-state index in [2.05, 4.69) is 17.6 Å². The lowest BCUT2D eigenvalue weighted by Crippen LogP contribution is -2.34. The number of methoxy groups -OCH3 is 1. The quantitative estimate of drug-likeness (QED) is 0.543. The molecule has 7 heteroatoms. The minimum atomic E-state index is -0.977. The summed E-state index contributed by atoms with van der Waals surface area (Å²) in [6.07, 6.45) is 2.04. The van der Waals surface area contributed by atoms with Gasteiger partial charge in [-0.15, -0.1) is 0 Å². The summed E-state index contributed by atoms with van der Waals surface area (Å²) in [6.45, 7) is 3.39. The Hall–Kier alpha value is -3.22. The number of carboxylic acids is 1. The monoisotopic (exact) mass is 386 g/mol. The molecule has 2 aromatic rings. The van der Waals surface area contributed by atoms with E-state index in [1.807, 2.05) is 18.2 Å². The SMILES string of the molecule is CCCCOc1ccc(CNC(=O)NCc2ccc(C(=O)O)cc2)cc1OC. The van der Waals surface area contributed by atoms with Crippen LogP contribution in [0.5, 0.6) is 11.5 Å². The standard InChI is InChI=1S/C21H26N2O5/c1-3-4-11-28-18-10-7-16(12-19(18)27-2)14-23-21(26)22-13-15-5-8-17(9-6-15)20(24)25/h5-10,12H,3-4,11,13-14H2,1-2H3,(H,24,25)(H2,22,23,26). The molecule has 0 fully saturated rings. The third-order valence-electron chi connectivity index (χ3n) is 4.09. The van der Waals surface area contributed by atoms with Crippen LogP contribution in [0, 0.1) is 0 Å². The highest BCUT2D eigenvalue weighted by atomic mass is 16.5. The molecular weight excluding hydrogens is 360 g/mol. The van der Waals surface area contributed by atoms with Crippen molar-refractivity contribution in [3.63, 3.8) is 0 Å². The lowest BCUT2D eigenvalue weighted by Gasteiger charge is -2.13. The van der Waals surface area contributed by atoms with E-state index in [4.69, 9.17) is 14.6 Å². The molecule has 0 spiro atoms. The fourth-order valence-corrected chi connectivity index (χ4v) is 2.46. The van der Waals surface area contributed by atoms with Crippen LogP contribution in [-0.2, 0) is 13.1 Å². The van der Waals surface area contributed by atoms with Crippen LogP contribution < -0.4 is 20.1 Å². The van der Waals surface area contributed by atoms with Crippen molar-refractivity contribution in [2.45, 2.75) is 32.9 Å². The number of aromatic carboxylic acids is 1. The number of carbonyl (C=O) groups excluding carboxylic acids is 1. The molecule has 2 aromatic carbocycles. The van der Waals surface area contributed by atoms with E-state index < -0.39 is 5.97 Å². The highest BCUT2D eigenvalue weighted by Crippen LogP contribution is 2.28. The summed E-state index contributed by atoms with van der Waals surface area (Å²) in [4.78, 5) is 22.8. The Kier molecular flexibility index (Phi) is 8.14. The first-order valence-electron chi connectivity index (χ1n) is 9.17. The first-order valence-corrected chi connectivity index (χ1v) is 9.17. The lowest BCUT2D eigenvalue weighted by molar-refractivity contribution is 0.0697. The van der Waals surface area contributed by atoms with Gasteiger partial charge in [-0.25, -0.2) is 9.59 Å². The van der Waals surface area contributed by atoms with Crippen molar-refractivity contribution in [1.82, 2.24) is 10.6 Å². The maximum absolute atomic E-state index is 12.0. The number of hydrogen-bond donors (Lipinski definition) is 3. The highest BCUT2D eigenvalue weighted by molar-refractivity contribution is 5.87. The van der Waals surface area contributed by atoms with Gasteiger partial charge in [0.1, 0.15) is 0 Å². The summed E-state index contributed by atoms with van der Waals surface area (Å²) >= 11 is 0. The molecule has 150 valence electrons. The molecule has 7 nitrogen and oxygen atoms in total. The largest absolute Gasteiger partial charge is 0.493 e. The number of nitrogens with one attached hydrogen (secondary N) is 2. The Bertz CT molecular complexity index is 790. The molecule has 0 aromatic heterocycles. The zero-order chi connectivity index (χ0) is 20.4. The van der Waals surface area contributed by atoms with Gasteiger partial charge in [-0.3, -0.25) is 0 Å². The predicted molar refractivity (Wildman–Crippen MR) is 106 cm³/mol. The summed E-state index contributed by atoms with van der Waals surface area (Å²) in [7, 11) is 1.58. The molecule has 0 bridgehead atoms. The van der Waals surface area contributed by atoms with Crippen LogP contribution in [0.25, 0.3) is 0 Å². The van der Waals surface area contributed by atoms with Gasteiger partial charge in [0.2, 0.25) is 0 Å². The van der Waals surface area contributed by atoms with Crippen LogP contribution in [-0.4, -0.2) is 30.8 Å². The van der Waals surface area contributed by atoms with Crippen molar-refractivity contribution in [2.75, 3.05) is 13.7 Å². The molecule has 0 aliphatic carbocycles. The lowest BCUT2D eigenvalue weighted by atomic mass is 10.1. The number of carboxylic acid groups (broad SMARTS) is 1. The number of benzene rings is 2. The molecular formula is C21H26N2O5. The third-order valence-corrected chi connectivity index (χ3v) is 4.09. The van der Waals surface area contributed by atoms with Gasteiger partial charge in [-0.2, -0.15) is 0 Å². The smallest absolute Gasteiger partial charge is 0.335 e. The van der Waals surface area contributed by atoms with E-state index in [9.17, 15) is 9.59 Å². The highest BCUT2D eigenvalue weighted by Gasteiger charge is 2.08. The van der Waals surface area contributed by atoms with Crippen molar-refractivity contribution in [3.05, 3.63) is 59.2 Å². The predicted octanol–water partition coefficient (Wildman–Crippen LogP) is 3.57. The Balaban J connectivity index is 1.82. The molecule has 0 unspecified atom stereocenters. The molecule has 0 saturated heterocycles. The van der Waals surface area contributed by atoms with E-state index >= 15 is 0 Å². The number of urea groups is 1. The number of carbonyl (C=O) groups is 2. The number of unbranched alkanes of at least 4 members (excludes halogenated alkanes) is 1. The van der Waals surface area contributed by atoms with Gasteiger partial charge in [0.05, 0.1) is 19.3 Å². The van der Waals surface area contributed by atoms with Crippen LogP contribution in [0.2, 0.25) is 0 Å². The maximum Gasteiger partial charge on any atom is 0.335 e. The summed E-state index contributed by atoms with van der Waals surface area (Å²) in [6, 6.07) is 11.6. The van der Waals surface area contributed by atoms with E-state index in [1.54, 1.807) is 19.2 Å². The minimum absolute atomic E-state index is 0.212. The fourth-order valence-electron chi connectivity index (χ4n) is 2.46. The Morgan fingerprint density at radius 2 is 1.61 bits per heavy atom. The van der Waals surface area contributed by atoms with Gasteiger partial charge in [-0.05, 0) is 41.8 Å². The van der Waals surface area contributed by atoms with E-state index in [-0.39, 0.29) is 11.6 Å². The first kappa shape index (κ1) is 21.1. The second-order valence-electron chi connectivity index (χ2n) is 6.23. The molecule has 3 N–H and O–H groups in total. The molecule has 0 saturated carbocycles. The molecule has 2 rings (SSSR count). The van der Waals surface area contributed by atoms with E-state index in [1.165, 1.54) is 12.1 Å². The minimum Gasteiger partial charge on any atom is -0.493 e. The number of amides is 2. The molecule has 0 atom stereocenters. The van der Waals surface area contributed by atoms with Crippen molar-refractivity contribution in [3.8, 4) is 11.5 Å². The Labute approximate surface area is 164 Å². The van der Waals surface area contributed by atoms with Crippen LogP contribution in [0.1, 0.15) is 41.3 Å². The van der Waals surface area contributed by atoms with Crippen molar-refractivity contribution >= 4 is 12.0 Å². The van der Waals surface area contributed by atoms with Gasteiger partial charge in [0.15, 0.2) is 11.5 Å². The van der Waals surface area contributed by atoms with Gasteiger partial charge in [0.25, 0.3) is 0 Å². The van der Waals surface area contributed by atoms with Crippen LogP contribution >= 0.6 is 0 Å². The second kappa shape index (κ2) is 10.8. The number of hydrogen-bond acceptors (Lipinski definition) is 4. The molecule has 2 amide bonds. The van der Waals surface area contributed by atoms with Gasteiger partial charge < -0.3 is 25.2 Å². The normalized spacial score (nSPS) is 10.2. The van der Waals surface area contributed by atoms with Gasteiger partial charge >= 0.3 is 12.0 Å². The summed E-state index contributed by atoms with van der Waals surface area (Å²) < 4.78 is 11.1. The average Bonchev–Trinajstić information content (AvgIpc) is 2.71. The third kappa shape index (κ3) is 6.50. The topological polar surface area (TPSA) is 96.9 Å². The molecule has 0 heterocycles. The Morgan fingerprint density at radius 1 is 0.964 bits per heavy atom. The summed E-state index contributed by atoms with van der Waals surface area (Å²) in [5.74, 6) is 0.345. The molecule has 0 aliphatic heterocycles. The summed E-state index contributed by atoms with van der Waals surface area (Å²) in [5.41, 5.74) is 1.92. The number of ether oxygens (including phenoxy) is 2. The van der Waals surface area contributed by atoms with Crippen molar-refractivity contribution in [2.24, 2.45) is 0 Å². The van der Waals surface area contributed by atoms with E-state index in [0.29, 0.717) is 31.2 Å². The molecule has 28 heavy (non-hydrogen) atoms. The summed E-state index contributed by atoms with van der Waals surface area (Å²) in [5, 5.41) is 14.4. The van der Waals surface area contributed by atoms with Crippen molar-refractivity contribution in [1.29, 1.82) is 0 Å². The molecule has 0 radical (unpaired) electrons. The second-order valence-corrected chi connectivity index (χ2v) is 6.23. The van der Waals surface area contributed by atoms with Crippen LogP contribution in [0.15, 0.2) is 42.5 Å². The first-order chi connectivity index (χ1) is 13.5. The maximum atomic E-state index is 12.0. The van der Waals surface area contributed by atoms with Crippen molar-refractivity contribution < 1.29 is 24.2 Å². The Morgan fingerprint density at radius 3 is 2.21 bits per heavy atom.